The quantitative estimate of drug-likeness (QED) is 0.0910. The van der Waals surface area contributed by atoms with E-state index in [2.05, 4.69) is 97.6 Å². The average molecular weight is 1000 g/mol. The van der Waals surface area contributed by atoms with E-state index in [4.69, 9.17) is 34.4 Å². The van der Waals surface area contributed by atoms with Crippen LogP contribution in [0.2, 0.25) is 0 Å². The van der Waals surface area contributed by atoms with E-state index in [9.17, 15) is 0 Å². The van der Waals surface area contributed by atoms with E-state index in [-0.39, 0.29) is 13.0 Å². The van der Waals surface area contributed by atoms with E-state index in [1.807, 2.05) is 67.7 Å². The van der Waals surface area contributed by atoms with Gasteiger partial charge in [0.25, 0.3) is 0 Å². The molecular formula is C51H66Br2N6O5. The van der Waals surface area contributed by atoms with Crippen LogP contribution in [0.4, 0.5) is 11.4 Å². The molecule has 3 aromatic heterocycles. The summed E-state index contributed by atoms with van der Waals surface area (Å²) in [4.78, 5) is 13.9. The number of methoxy groups -OCH3 is 4. The van der Waals surface area contributed by atoms with Crippen LogP contribution < -0.4 is 30.0 Å². The van der Waals surface area contributed by atoms with Crippen molar-refractivity contribution in [3.8, 4) is 23.0 Å². The fourth-order valence-electron chi connectivity index (χ4n) is 7.31. The number of hydrogen-bond acceptors (Lipinski definition) is 10. The predicted molar refractivity (Wildman–Crippen MR) is 273 cm³/mol. The van der Waals surface area contributed by atoms with Crippen molar-refractivity contribution in [2.45, 2.75) is 99.3 Å². The summed E-state index contributed by atoms with van der Waals surface area (Å²) in [6.07, 6.45) is 10.4. The van der Waals surface area contributed by atoms with Crippen LogP contribution in [0.3, 0.4) is 0 Å². The Morgan fingerprint density at radius 2 is 1.27 bits per heavy atom. The molecule has 0 aliphatic heterocycles. The SMILES string of the molecule is C.CCCCC(C)(C)OCC.CCCCc1nc2cnc3cc(Br)ccc3c2n1Cc1ccc(OC)cc1OC.COc1ccc(CNc2c(N)cnc3cc(Br)ccc23)c(OC)c1. The Labute approximate surface area is 396 Å². The molecule has 0 saturated heterocycles. The van der Waals surface area contributed by atoms with Gasteiger partial charge < -0.3 is 39.3 Å². The number of aromatic nitrogens is 4. The van der Waals surface area contributed by atoms with Crippen LogP contribution in [0.1, 0.15) is 91.1 Å². The number of nitrogen functional groups attached to an aromatic ring is 1. The number of unbranched alkanes of at least 4 members (excludes halogenated alkanes) is 2. The number of pyridine rings is 2. The molecule has 0 amide bonds. The molecular weight excluding hydrogens is 936 g/mol. The lowest BCUT2D eigenvalue weighted by Gasteiger charge is -2.24. The van der Waals surface area contributed by atoms with E-state index in [1.54, 1.807) is 34.6 Å². The van der Waals surface area contributed by atoms with E-state index >= 15 is 0 Å². The highest BCUT2D eigenvalue weighted by molar-refractivity contribution is 9.10. The smallest absolute Gasteiger partial charge is 0.127 e. The Kier molecular flexibility index (Phi) is 20.0. The second-order valence-electron chi connectivity index (χ2n) is 15.6. The van der Waals surface area contributed by atoms with E-state index in [0.717, 1.165) is 113 Å². The standard InChI is InChI=1S/C23H24BrN3O2.C18H18BrN3O2.C9H20O.CH4/c1-4-5-6-22-26-20-13-25-19-11-16(24)8-10-18(19)23(20)27(22)14-15-7-9-17(28-2)12-21(15)29-3;1-23-13-5-3-11(17(8-13)24-2)9-22-18-14-6-4-12(19)7-16(14)21-10-15(18)20;1-5-7-8-9(3,4)10-6-2;/h7-13H,4-6,14H2,1-3H3;3-8,10H,9,20H2,1-2H3,(H,21,22);5-8H2,1-4H3;1H4. The van der Waals surface area contributed by atoms with Crippen molar-refractivity contribution in [2.75, 3.05) is 46.1 Å². The largest absolute Gasteiger partial charge is 0.497 e. The molecule has 64 heavy (non-hydrogen) atoms. The molecule has 0 saturated carbocycles. The van der Waals surface area contributed by atoms with Crippen LogP contribution >= 0.6 is 31.9 Å². The molecule has 0 fully saturated rings. The maximum Gasteiger partial charge on any atom is 0.127 e. The summed E-state index contributed by atoms with van der Waals surface area (Å²) < 4.78 is 31.5. The van der Waals surface area contributed by atoms with Crippen LogP contribution in [0.5, 0.6) is 23.0 Å². The molecule has 0 aliphatic rings. The van der Waals surface area contributed by atoms with Crippen molar-refractivity contribution in [3.05, 3.63) is 111 Å². The Balaban J connectivity index is 0.000000232. The molecule has 3 N–H and O–H groups in total. The maximum absolute atomic E-state index is 6.12. The van der Waals surface area contributed by atoms with Gasteiger partial charge in [0.2, 0.25) is 0 Å². The zero-order valence-corrected chi connectivity index (χ0v) is 41.3. The van der Waals surface area contributed by atoms with Crippen molar-refractivity contribution < 1.29 is 23.7 Å². The average Bonchev–Trinajstić information content (AvgIpc) is 3.64. The zero-order chi connectivity index (χ0) is 45.5. The number of rotatable bonds is 17. The molecule has 7 aromatic rings. The monoisotopic (exact) mass is 1000 g/mol. The second kappa shape index (κ2) is 24.8. The van der Waals surface area contributed by atoms with Crippen molar-refractivity contribution in [1.82, 2.24) is 19.5 Å². The van der Waals surface area contributed by atoms with Crippen LogP contribution in [0.25, 0.3) is 32.8 Å². The van der Waals surface area contributed by atoms with Gasteiger partial charge in [-0.2, -0.15) is 0 Å². The maximum atomic E-state index is 6.12. The van der Waals surface area contributed by atoms with E-state index < -0.39 is 0 Å². The topological polar surface area (TPSA) is 128 Å². The summed E-state index contributed by atoms with van der Waals surface area (Å²) in [6, 6.07) is 23.9. The van der Waals surface area contributed by atoms with Gasteiger partial charge >= 0.3 is 0 Å². The van der Waals surface area contributed by atoms with Gasteiger partial charge in [0.05, 0.1) is 80.9 Å². The van der Waals surface area contributed by atoms with Crippen molar-refractivity contribution in [1.29, 1.82) is 0 Å². The lowest BCUT2D eigenvalue weighted by molar-refractivity contribution is -0.0174. The number of benzene rings is 4. The number of imidazole rings is 1. The molecule has 0 spiro atoms. The number of ether oxygens (including phenoxy) is 5. The number of nitrogens with two attached hydrogens (primary N) is 1. The van der Waals surface area contributed by atoms with Gasteiger partial charge in [-0.05, 0) is 94.3 Å². The predicted octanol–water partition coefficient (Wildman–Crippen LogP) is 13.6. The molecule has 344 valence electrons. The lowest BCUT2D eigenvalue weighted by Crippen LogP contribution is -2.23. The normalized spacial score (nSPS) is 11.0. The van der Waals surface area contributed by atoms with Gasteiger partial charge in [0, 0.05) is 62.5 Å². The van der Waals surface area contributed by atoms with Crippen LogP contribution in [-0.2, 0) is 24.2 Å². The summed E-state index contributed by atoms with van der Waals surface area (Å²) >= 11 is 7.01. The molecule has 11 nitrogen and oxygen atoms in total. The van der Waals surface area contributed by atoms with Crippen molar-refractivity contribution >= 4 is 76.1 Å². The second-order valence-corrected chi connectivity index (χ2v) is 17.5. The van der Waals surface area contributed by atoms with E-state index in [0.29, 0.717) is 18.8 Å². The number of aryl methyl sites for hydroxylation is 1. The number of anilines is 2. The number of nitrogens with zero attached hydrogens (tertiary/aromatic N) is 4. The van der Waals surface area contributed by atoms with Crippen LogP contribution in [-0.4, -0.2) is 60.2 Å². The van der Waals surface area contributed by atoms with Gasteiger partial charge in [-0.1, -0.05) is 72.4 Å². The Hall–Kier alpha value is -5.11. The van der Waals surface area contributed by atoms with Crippen molar-refractivity contribution in [3.63, 3.8) is 0 Å². The van der Waals surface area contributed by atoms with E-state index in [1.165, 1.54) is 19.3 Å². The first-order valence-corrected chi connectivity index (χ1v) is 23.0. The minimum atomic E-state index is 0. The minimum absolute atomic E-state index is 0. The number of hydrogen-bond donors (Lipinski definition) is 2. The minimum Gasteiger partial charge on any atom is -0.497 e. The molecule has 13 heteroatoms. The first-order chi connectivity index (χ1) is 30.4. The molecule has 0 aliphatic carbocycles. The Morgan fingerprint density at radius 1 is 0.688 bits per heavy atom. The lowest BCUT2D eigenvalue weighted by atomic mass is 10.0. The third-order valence-electron chi connectivity index (χ3n) is 10.7. The molecule has 3 heterocycles. The first-order valence-electron chi connectivity index (χ1n) is 21.5. The zero-order valence-electron chi connectivity index (χ0n) is 38.1. The molecule has 0 bridgehead atoms. The number of nitrogens with one attached hydrogen (secondary N) is 1. The summed E-state index contributed by atoms with van der Waals surface area (Å²) in [6.45, 7) is 12.9. The van der Waals surface area contributed by atoms with Gasteiger partial charge in [-0.15, -0.1) is 0 Å². The van der Waals surface area contributed by atoms with Gasteiger partial charge in [0.15, 0.2) is 0 Å². The Morgan fingerprint density at radius 3 is 1.86 bits per heavy atom. The molecule has 0 unspecified atom stereocenters. The summed E-state index contributed by atoms with van der Waals surface area (Å²) in [5.74, 6) is 4.20. The highest BCUT2D eigenvalue weighted by atomic mass is 79.9. The van der Waals surface area contributed by atoms with Gasteiger partial charge in [-0.25, -0.2) is 4.98 Å². The highest BCUT2D eigenvalue weighted by Crippen LogP contribution is 2.33. The summed E-state index contributed by atoms with van der Waals surface area (Å²) in [7, 11) is 6.64. The molecule has 4 aromatic carbocycles. The van der Waals surface area contributed by atoms with Crippen molar-refractivity contribution in [2.24, 2.45) is 0 Å². The van der Waals surface area contributed by atoms with Crippen LogP contribution in [0.15, 0.2) is 94.1 Å². The van der Waals surface area contributed by atoms with Gasteiger partial charge in [-0.3, -0.25) is 9.97 Å². The first kappa shape index (κ1) is 51.5. The molecule has 7 rings (SSSR count). The summed E-state index contributed by atoms with van der Waals surface area (Å²) in [5, 5.41) is 5.49. The van der Waals surface area contributed by atoms with Crippen LogP contribution in [0, 0.1) is 0 Å². The Bertz CT molecular complexity index is 2580. The van der Waals surface area contributed by atoms with Gasteiger partial charge in [0.1, 0.15) is 34.3 Å². The third kappa shape index (κ3) is 13.5. The molecule has 0 radical (unpaired) electrons. The number of fused-ring (bicyclic) bond motifs is 4. The number of halogens is 2. The summed E-state index contributed by atoms with van der Waals surface area (Å²) in [5.41, 5.74) is 13.7. The highest BCUT2D eigenvalue weighted by Gasteiger charge is 2.18. The molecule has 0 atom stereocenters. The third-order valence-corrected chi connectivity index (χ3v) is 11.7. The fraction of sp³-hybridized carbons (Fsp3) is 0.392. The fourth-order valence-corrected chi connectivity index (χ4v) is 8.01.